The molecule has 2 aromatic rings. The summed E-state index contributed by atoms with van der Waals surface area (Å²) in [4.78, 5) is 14.6. The fourth-order valence-electron chi connectivity index (χ4n) is 2.90. The normalized spacial score (nSPS) is 14.7. The van der Waals surface area contributed by atoms with Gasteiger partial charge in [0.05, 0.1) is 5.75 Å². The Morgan fingerprint density at radius 3 is 2.58 bits per heavy atom. The Balaban J connectivity index is 1.47. The lowest BCUT2D eigenvalue weighted by molar-refractivity contribution is -0.113. The highest BCUT2D eigenvalue weighted by molar-refractivity contribution is 8.01. The van der Waals surface area contributed by atoms with Crippen molar-refractivity contribution in [2.45, 2.75) is 36.9 Å². The highest BCUT2D eigenvalue weighted by atomic mass is 32.2. The number of amides is 1. The predicted molar refractivity (Wildman–Crippen MR) is 111 cm³/mol. The highest BCUT2D eigenvalue weighted by Gasteiger charge is 2.11. The van der Waals surface area contributed by atoms with Crippen molar-refractivity contribution in [3.8, 4) is 0 Å². The van der Waals surface area contributed by atoms with Gasteiger partial charge in [-0.15, -0.1) is 10.2 Å². The molecule has 0 radical (unpaired) electrons. The van der Waals surface area contributed by atoms with Crippen molar-refractivity contribution in [2.75, 3.05) is 40.9 Å². The zero-order valence-electron chi connectivity index (χ0n) is 15.0. The molecule has 0 atom stereocenters. The first kappa shape index (κ1) is 19.0. The van der Waals surface area contributed by atoms with E-state index in [2.05, 4.69) is 37.9 Å². The van der Waals surface area contributed by atoms with E-state index in [9.17, 15) is 4.79 Å². The van der Waals surface area contributed by atoms with E-state index in [0.29, 0.717) is 5.75 Å². The third-order valence-corrected chi connectivity index (χ3v) is 6.20. The average Bonchev–Trinajstić information content (AvgIpc) is 2.92. The zero-order valence-corrected chi connectivity index (χ0v) is 16.7. The second kappa shape index (κ2) is 9.78. The largest absolute Gasteiger partial charge is 0.372 e. The summed E-state index contributed by atoms with van der Waals surface area (Å²) in [6, 6.07) is 8.16. The van der Waals surface area contributed by atoms with Crippen molar-refractivity contribution in [1.29, 1.82) is 0 Å². The van der Waals surface area contributed by atoms with Crippen LogP contribution in [0.2, 0.25) is 0 Å². The second-order valence-electron chi connectivity index (χ2n) is 6.19. The summed E-state index contributed by atoms with van der Waals surface area (Å²) >= 11 is 2.88. The Hall–Kier alpha value is -1.80. The van der Waals surface area contributed by atoms with E-state index in [1.165, 1.54) is 54.5 Å². The summed E-state index contributed by atoms with van der Waals surface area (Å²) in [5.74, 6) is 0.298. The lowest BCUT2D eigenvalue weighted by Gasteiger charge is -2.22. The van der Waals surface area contributed by atoms with Crippen LogP contribution in [0.3, 0.4) is 0 Å². The van der Waals surface area contributed by atoms with Crippen LogP contribution < -0.4 is 15.5 Å². The molecule has 2 heterocycles. The minimum Gasteiger partial charge on any atom is -0.372 e. The highest BCUT2D eigenvalue weighted by Crippen LogP contribution is 2.26. The standard InChI is InChI=1S/C18H25N5OS2/c1-2-19-17-21-22-18(26-17)25-13-16(24)20-14-7-9-15(10-8-14)23-11-5-3-4-6-12-23/h7-10H,2-6,11-13H2,1H3,(H,19,21)(H,20,24). The lowest BCUT2D eigenvalue weighted by atomic mass is 10.2. The molecule has 1 aliphatic heterocycles. The lowest BCUT2D eigenvalue weighted by Crippen LogP contribution is -2.23. The number of nitrogens with one attached hydrogen (secondary N) is 2. The number of nitrogens with zero attached hydrogens (tertiary/aromatic N) is 3. The molecule has 0 aliphatic carbocycles. The molecule has 0 unspecified atom stereocenters. The second-order valence-corrected chi connectivity index (χ2v) is 8.39. The Kier molecular flexibility index (Phi) is 7.13. The summed E-state index contributed by atoms with van der Waals surface area (Å²) in [6.07, 6.45) is 5.17. The van der Waals surface area contributed by atoms with Gasteiger partial charge in [-0.1, -0.05) is 35.9 Å². The number of carbonyl (C=O) groups is 1. The molecule has 26 heavy (non-hydrogen) atoms. The van der Waals surface area contributed by atoms with Crippen LogP contribution in [0.25, 0.3) is 0 Å². The molecule has 6 nitrogen and oxygen atoms in total. The molecule has 1 amide bonds. The van der Waals surface area contributed by atoms with Crippen molar-refractivity contribution < 1.29 is 4.79 Å². The summed E-state index contributed by atoms with van der Waals surface area (Å²) in [5, 5.41) is 15.0. The number of anilines is 3. The summed E-state index contributed by atoms with van der Waals surface area (Å²) in [6.45, 7) is 5.07. The number of hydrogen-bond donors (Lipinski definition) is 2. The van der Waals surface area contributed by atoms with Gasteiger partial charge < -0.3 is 15.5 Å². The Morgan fingerprint density at radius 2 is 1.88 bits per heavy atom. The maximum atomic E-state index is 12.1. The minimum atomic E-state index is -0.0299. The van der Waals surface area contributed by atoms with Gasteiger partial charge in [0.2, 0.25) is 11.0 Å². The van der Waals surface area contributed by atoms with E-state index >= 15 is 0 Å². The van der Waals surface area contributed by atoms with E-state index in [1.807, 2.05) is 19.1 Å². The van der Waals surface area contributed by atoms with Crippen molar-refractivity contribution >= 4 is 45.5 Å². The molecule has 1 aromatic heterocycles. The molecule has 140 valence electrons. The zero-order chi connectivity index (χ0) is 18.2. The molecule has 2 N–H and O–H groups in total. The predicted octanol–water partition coefficient (Wildman–Crippen LogP) is 4.08. The number of thioether (sulfide) groups is 1. The summed E-state index contributed by atoms with van der Waals surface area (Å²) < 4.78 is 0.799. The van der Waals surface area contributed by atoms with Crippen LogP contribution in [0, 0.1) is 0 Å². The molecule has 3 rings (SSSR count). The molecule has 0 bridgehead atoms. The third-order valence-electron chi connectivity index (χ3n) is 4.18. The Morgan fingerprint density at radius 1 is 1.15 bits per heavy atom. The van der Waals surface area contributed by atoms with Crippen LogP contribution in [-0.4, -0.2) is 41.5 Å². The van der Waals surface area contributed by atoms with Crippen LogP contribution in [0.1, 0.15) is 32.6 Å². The van der Waals surface area contributed by atoms with Gasteiger partial charge in [0.1, 0.15) is 0 Å². The van der Waals surface area contributed by atoms with Crippen LogP contribution in [-0.2, 0) is 4.79 Å². The number of hydrogen-bond acceptors (Lipinski definition) is 7. The van der Waals surface area contributed by atoms with Crippen LogP contribution in [0.5, 0.6) is 0 Å². The maximum Gasteiger partial charge on any atom is 0.234 e. The van der Waals surface area contributed by atoms with Gasteiger partial charge in [-0.25, -0.2) is 0 Å². The Labute approximate surface area is 162 Å². The first-order valence-electron chi connectivity index (χ1n) is 9.09. The van der Waals surface area contributed by atoms with Gasteiger partial charge >= 0.3 is 0 Å². The van der Waals surface area contributed by atoms with Crippen LogP contribution >= 0.6 is 23.1 Å². The topological polar surface area (TPSA) is 70.1 Å². The average molecular weight is 392 g/mol. The summed E-state index contributed by atoms with van der Waals surface area (Å²) in [7, 11) is 0. The van der Waals surface area contributed by atoms with E-state index in [4.69, 9.17) is 0 Å². The number of rotatable bonds is 7. The van der Waals surface area contributed by atoms with Gasteiger partial charge in [0.15, 0.2) is 4.34 Å². The van der Waals surface area contributed by atoms with Crippen LogP contribution in [0.4, 0.5) is 16.5 Å². The molecule has 1 fully saturated rings. The van der Waals surface area contributed by atoms with Crippen molar-refractivity contribution in [2.24, 2.45) is 0 Å². The Bertz CT molecular complexity index is 696. The van der Waals surface area contributed by atoms with E-state index < -0.39 is 0 Å². The molecule has 0 spiro atoms. The molecular weight excluding hydrogens is 366 g/mol. The summed E-state index contributed by atoms with van der Waals surface area (Å²) in [5.41, 5.74) is 2.07. The van der Waals surface area contributed by atoms with E-state index in [1.54, 1.807) is 0 Å². The quantitative estimate of drug-likeness (QED) is 0.693. The first-order valence-corrected chi connectivity index (χ1v) is 10.9. The number of carbonyl (C=O) groups excluding carboxylic acids is 1. The molecular formula is C18H25N5OS2. The molecule has 1 saturated heterocycles. The smallest absolute Gasteiger partial charge is 0.234 e. The molecule has 1 aliphatic rings. The van der Waals surface area contributed by atoms with Gasteiger partial charge in [-0.2, -0.15) is 0 Å². The van der Waals surface area contributed by atoms with E-state index in [0.717, 1.165) is 34.8 Å². The third kappa shape index (κ3) is 5.60. The van der Waals surface area contributed by atoms with Crippen molar-refractivity contribution in [3.05, 3.63) is 24.3 Å². The van der Waals surface area contributed by atoms with Gasteiger partial charge in [0, 0.05) is 31.0 Å². The van der Waals surface area contributed by atoms with Crippen molar-refractivity contribution in [3.63, 3.8) is 0 Å². The SMILES string of the molecule is CCNc1nnc(SCC(=O)Nc2ccc(N3CCCCCC3)cc2)s1. The monoisotopic (exact) mass is 391 g/mol. The van der Waals surface area contributed by atoms with Gasteiger partial charge in [0.25, 0.3) is 0 Å². The molecule has 0 saturated carbocycles. The van der Waals surface area contributed by atoms with Gasteiger partial charge in [-0.05, 0) is 44.0 Å². The fraction of sp³-hybridized carbons (Fsp3) is 0.500. The van der Waals surface area contributed by atoms with Crippen LogP contribution in [0.15, 0.2) is 28.6 Å². The van der Waals surface area contributed by atoms with E-state index in [-0.39, 0.29) is 5.91 Å². The minimum absolute atomic E-state index is 0.0299. The number of benzene rings is 1. The van der Waals surface area contributed by atoms with Crippen molar-refractivity contribution in [1.82, 2.24) is 10.2 Å². The number of aromatic nitrogens is 2. The molecule has 1 aromatic carbocycles. The molecule has 8 heteroatoms. The van der Waals surface area contributed by atoms with Gasteiger partial charge in [-0.3, -0.25) is 4.79 Å². The maximum absolute atomic E-state index is 12.1. The fourth-order valence-corrected chi connectivity index (χ4v) is 4.52. The first-order chi connectivity index (χ1) is 12.7.